The minimum Gasteiger partial charge on any atom is -0.258 e. The summed E-state index contributed by atoms with van der Waals surface area (Å²) in [5.74, 6) is 0.765. The molecule has 0 aromatic carbocycles. The van der Waals surface area contributed by atoms with Crippen LogP contribution in [0.15, 0.2) is 11.1 Å². The lowest BCUT2D eigenvalue weighted by molar-refractivity contribution is 0.449. The molecule has 3 heteroatoms. The van der Waals surface area contributed by atoms with E-state index in [2.05, 4.69) is 47.8 Å². The molecule has 0 fully saturated rings. The molecule has 0 aromatic rings. The SMILES string of the molecule is CSC1C(C(C)(C)C)=C(C(C)(C)C)CS1=O. The molecule has 0 aromatic heterocycles. The molecule has 0 saturated carbocycles. The average Bonchev–Trinajstić information content (AvgIpc) is 2.40. The molecular formula is C13H24OS2. The van der Waals surface area contributed by atoms with Crippen LogP contribution in [0.2, 0.25) is 0 Å². The average molecular weight is 260 g/mol. The van der Waals surface area contributed by atoms with Gasteiger partial charge in [0.1, 0.15) is 4.58 Å². The van der Waals surface area contributed by atoms with E-state index in [1.165, 1.54) is 11.1 Å². The zero-order valence-electron chi connectivity index (χ0n) is 11.5. The first-order valence-corrected chi connectivity index (χ1v) is 8.40. The molecule has 0 radical (unpaired) electrons. The van der Waals surface area contributed by atoms with Gasteiger partial charge in [-0.05, 0) is 22.7 Å². The summed E-state index contributed by atoms with van der Waals surface area (Å²) < 4.78 is 12.4. The van der Waals surface area contributed by atoms with Crippen LogP contribution in [0.1, 0.15) is 41.5 Å². The van der Waals surface area contributed by atoms with Crippen molar-refractivity contribution in [2.24, 2.45) is 10.8 Å². The summed E-state index contributed by atoms with van der Waals surface area (Å²) >= 11 is 1.74. The van der Waals surface area contributed by atoms with Crippen LogP contribution >= 0.6 is 11.8 Å². The first-order valence-electron chi connectivity index (χ1n) is 5.73. The van der Waals surface area contributed by atoms with Gasteiger partial charge in [-0.2, -0.15) is 0 Å². The van der Waals surface area contributed by atoms with Crippen LogP contribution in [0.4, 0.5) is 0 Å². The number of thioether (sulfide) groups is 1. The van der Waals surface area contributed by atoms with Crippen molar-refractivity contribution in [3.63, 3.8) is 0 Å². The number of rotatable bonds is 1. The highest BCUT2D eigenvalue weighted by Crippen LogP contribution is 2.47. The van der Waals surface area contributed by atoms with Gasteiger partial charge in [-0.15, -0.1) is 11.8 Å². The number of hydrogen-bond acceptors (Lipinski definition) is 2. The van der Waals surface area contributed by atoms with Gasteiger partial charge in [-0.3, -0.25) is 4.21 Å². The van der Waals surface area contributed by atoms with Gasteiger partial charge >= 0.3 is 0 Å². The predicted molar refractivity (Wildman–Crippen MR) is 76.2 cm³/mol. The minimum atomic E-state index is -0.725. The highest BCUT2D eigenvalue weighted by atomic mass is 32.2. The van der Waals surface area contributed by atoms with Crippen molar-refractivity contribution in [1.29, 1.82) is 0 Å². The molecule has 1 heterocycles. The van der Waals surface area contributed by atoms with Crippen LogP contribution in [-0.2, 0) is 10.8 Å². The molecule has 1 aliphatic rings. The van der Waals surface area contributed by atoms with Gasteiger partial charge in [-0.25, -0.2) is 0 Å². The third kappa shape index (κ3) is 2.73. The summed E-state index contributed by atoms with van der Waals surface area (Å²) in [5, 5.41) is 0. The predicted octanol–water partition coefficient (Wildman–Crippen LogP) is 3.83. The molecule has 0 amide bonds. The van der Waals surface area contributed by atoms with E-state index < -0.39 is 10.8 Å². The highest BCUT2D eigenvalue weighted by molar-refractivity contribution is 8.11. The summed E-state index contributed by atoms with van der Waals surface area (Å²) in [4.78, 5) is 0. The monoisotopic (exact) mass is 260 g/mol. The molecule has 0 N–H and O–H groups in total. The smallest absolute Gasteiger partial charge is 0.102 e. The van der Waals surface area contributed by atoms with E-state index in [4.69, 9.17) is 0 Å². The van der Waals surface area contributed by atoms with Crippen LogP contribution in [0.3, 0.4) is 0 Å². The molecule has 2 atom stereocenters. The van der Waals surface area contributed by atoms with Crippen molar-refractivity contribution in [2.75, 3.05) is 12.0 Å². The first-order chi connectivity index (χ1) is 7.09. The Balaban J connectivity index is 3.31. The zero-order chi connectivity index (χ0) is 12.7. The van der Waals surface area contributed by atoms with Gasteiger partial charge in [0.15, 0.2) is 0 Å². The van der Waals surface area contributed by atoms with Crippen molar-refractivity contribution in [3.05, 3.63) is 11.1 Å². The van der Waals surface area contributed by atoms with Crippen LogP contribution in [0.25, 0.3) is 0 Å². The van der Waals surface area contributed by atoms with E-state index in [0.29, 0.717) is 0 Å². The largest absolute Gasteiger partial charge is 0.258 e. The van der Waals surface area contributed by atoms with Crippen molar-refractivity contribution in [2.45, 2.75) is 46.1 Å². The van der Waals surface area contributed by atoms with Crippen molar-refractivity contribution >= 4 is 22.6 Å². The Kier molecular flexibility index (Phi) is 4.01. The van der Waals surface area contributed by atoms with E-state index in [1.54, 1.807) is 11.8 Å². The van der Waals surface area contributed by atoms with Crippen molar-refractivity contribution in [3.8, 4) is 0 Å². The topological polar surface area (TPSA) is 17.1 Å². The summed E-state index contributed by atoms with van der Waals surface area (Å²) in [7, 11) is -0.725. The Bertz CT molecular complexity index is 329. The summed E-state index contributed by atoms with van der Waals surface area (Å²) in [6.07, 6.45) is 2.07. The fourth-order valence-corrected chi connectivity index (χ4v) is 5.80. The van der Waals surface area contributed by atoms with Crippen LogP contribution in [-0.4, -0.2) is 20.8 Å². The van der Waals surface area contributed by atoms with Gasteiger partial charge in [0.2, 0.25) is 0 Å². The van der Waals surface area contributed by atoms with Crippen molar-refractivity contribution < 1.29 is 4.21 Å². The lowest BCUT2D eigenvalue weighted by atomic mass is 9.76. The molecule has 16 heavy (non-hydrogen) atoms. The second kappa shape index (κ2) is 4.49. The third-order valence-electron chi connectivity index (χ3n) is 3.01. The van der Waals surface area contributed by atoms with E-state index in [1.807, 2.05) is 0 Å². The Morgan fingerprint density at radius 3 is 1.94 bits per heavy atom. The minimum absolute atomic E-state index is 0.127. The molecule has 0 bridgehead atoms. The molecule has 0 spiro atoms. The quantitative estimate of drug-likeness (QED) is 0.667. The maximum atomic E-state index is 12.2. The first kappa shape index (κ1) is 14.3. The molecular weight excluding hydrogens is 236 g/mol. The molecule has 0 saturated heterocycles. The molecule has 0 aliphatic carbocycles. The summed E-state index contributed by atoms with van der Waals surface area (Å²) in [5.41, 5.74) is 3.11. The van der Waals surface area contributed by atoms with Gasteiger partial charge in [0.05, 0.1) is 0 Å². The van der Waals surface area contributed by atoms with E-state index in [0.717, 1.165) is 5.75 Å². The Labute approximate surface area is 107 Å². The van der Waals surface area contributed by atoms with Crippen LogP contribution in [0.5, 0.6) is 0 Å². The summed E-state index contributed by atoms with van der Waals surface area (Å²) in [6.45, 7) is 13.4. The fraction of sp³-hybridized carbons (Fsp3) is 0.846. The molecule has 1 rings (SSSR count). The van der Waals surface area contributed by atoms with Crippen LogP contribution in [0, 0.1) is 10.8 Å². The molecule has 2 unspecified atom stereocenters. The second-order valence-electron chi connectivity index (χ2n) is 6.48. The maximum absolute atomic E-state index is 12.2. The van der Waals surface area contributed by atoms with Gasteiger partial charge in [-0.1, -0.05) is 47.1 Å². The maximum Gasteiger partial charge on any atom is 0.102 e. The normalized spacial score (nSPS) is 27.7. The second-order valence-corrected chi connectivity index (χ2v) is 9.25. The van der Waals surface area contributed by atoms with Crippen molar-refractivity contribution in [1.82, 2.24) is 0 Å². The summed E-state index contributed by atoms with van der Waals surface area (Å²) in [6, 6.07) is 0. The number of hydrogen-bond donors (Lipinski definition) is 0. The van der Waals surface area contributed by atoms with E-state index >= 15 is 0 Å². The van der Waals surface area contributed by atoms with Gasteiger partial charge < -0.3 is 0 Å². The Morgan fingerprint density at radius 1 is 1.12 bits per heavy atom. The Morgan fingerprint density at radius 2 is 1.62 bits per heavy atom. The molecule has 94 valence electrons. The van der Waals surface area contributed by atoms with Gasteiger partial charge in [0.25, 0.3) is 0 Å². The highest BCUT2D eigenvalue weighted by Gasteiger charge is 2.41. The Hall–Kier alpha value is 0.240. The lowest BCUT2D eigenvalue weighted by Gasteiger charge is -2.30. The fourth-order valence-electron chi connectivity index (χ4n) is 2.22. The van der Waals surface area contributed by atoms with E-state index in [-0.39, 0.29) is 15.4 Å². The van der Waals surface area contributed by atoms with Gasteiger partial charge in [0, 0.05) is 16.6 Å². The van der Waals surface area contributed by atoms with Crippen LogP contribution < -0.4 is 0 Å². The lowest BCUT2D eigenvalue weighted by Crippen LogP contribution is -2.22. The van der Waals surface area contributed by atoms with E-state index in [9.17, 15) is 4.21 Å². The zero-order valence-corrected chi connectivity index (χ0v) is 13.1. The molecule has 1 aliphatic heterocycles. The molecule has 1 nitrogen and oxygen atoms in total. The standard InChI is InChI=1S/C13H24OS2/c1-12(2,3)9-8-16(14)11(15-7)10(9)13(4,5)6/h11H,8H2,1-7H3. The third-order valence-corrected chi connectivity index (χ3v) is 6.19.